The van der Waals surface area contributed by atoms with Crippen molar-refractivity contribution in [2.75, 3.05) is 0 Å². The summed E-state index contributed by atoms with van der Waals surface area (Å²) in [6, 6.07) is 4.91. The summed E-state index contributed by atoms with van der Waals surface area (Å²) in [5, 5.41) is 5.06. The number of nitrogens with one attached hydrogen (secondary N) is 1. The fraction of sp³-hybridized carbons (Fsp3) is 0.462. The molecule has 2 atom stereocenters. The molecule has 0 spiro atoms. The normalized spacial score (nSPS) is 26.2. The topological polar surface area (TPSA) is 32.3 Å². The lowest BCUT2D eigenvalue weighted by Crippen LogP contribution is -2.47. The molecule has 0 saturated carbocycles. The minimum Gasteiger partial charge on any atom is -0.333 e. The number of hydrogen-bond acceptors (Lipinski definition) is 2. The first-order valence-corrected chi connectivity index (χ1v) is 6.98. The summed E-state index contributed by atoms with van der Waals surface area (Å²) < 4.78 is 0. The molecular formula is C13H16N2OS. The van der Waals surface area contributed by atoms with E-state index in [2.05, 4.69) is 23.5 Å². The lowest BCUT2D eigenvalue weighted by atomic mass is 10.1. The van der Waals surface area contributed by atoms with E-state index in [1.807, 2.05) is 16.3 Å². The van der Waals surface area contributed by atoms with Gasteiger partial charge in [-0.2, -0.15) is 0 Å². The van der Waals surface area contributed by atoms with Gasteiger partial charge in [0.1, 0.15) is 0 Å². The molecule has 1 aromatic rings. The molecule has 4 heteroatoms. The highest BCUT2D eigenvalue weighted by Crippen LogP contribution is 2.31. The number of nitrogens with zero attached hydrogens (tertiary/aromatic N) is 1. The molecule has 0 radical (unpaired) electrons. The molecule has 2 amide bonds. The highest BCUT2D eigenvalue weighted by atomic mass is 32.1. The first-order chi connectivity index (χ1) is 8.34. The number of amides is 2. The Kier molecular flexibility index (Phi) is 2.89. The van der Waals surface area contributed by atoms with Crippen LogP contribution in [0.15, 0.2) is 29.7 Å². The van der Waals surface area contributed by atoms with E-state index in [1.54, 1.807) is 11.3 Å². The van der Waals surface area contributed by atoms with E-state index in [0.717, 1.165) is 19.3 Å². The number of carbonyl (C=O) groups is 1. The maximum Gasteiger partial charge on any atom is 0.318 e. The molecule has 17 heavy (non-hydrogen) atoms. The summed E-state index contributed by atoms with van der Waals surface area (Å²) in [5.74, 6) is 0. The lowest BCUT2D eigenvalue weighted by Gasteiger charge is -2.31. The van der Waals surface area contributed by atoms with Crippen molar-refractivity contribution in [3.05, 3.63) is 34.5 Å². The standard InChI is InChI=1S/C13H16N2OS/c16-13(14-9-12-5-2-8-17-12)15-10-3-1-4-11(15)7-6-10/h1-3,5,8,10-11H,4,6-7,9H2,(H,14,16)/t10-,11-/m0/s1. The average molecular weight is 248 g/mol. The van der Waals surface area contributed by atoms with E-state index in [4.69, 9.17) is 0 Å². The van der Waals surface area contributed by atoms with Gasteiger partial charge in [-0.3, -0.25) is 0 Å². The zero-order chi connectivity index (χ0) is 11.7. The molecule has 3 heterocycles. The van der Waals surface area contributed by atoms with E-state index in [-0.39, 0.29) is 6.03 Å². The van der Waals surface area contributed by atoms with E-state index < -0.39 is 0 Å². The van der Waals surface area contributed by atoms with Crippen LogP contribution < -0.4 is 5.32 Å². The van der Waals surface area contributed by atoms with E-state index in [9.17, 15) is 4.79 Å². The van der Waals surface area contributed by atoms with Crippen molar-refractivity contribution in [3.63, 3.8) is 0 Å². The van der Waals surface area contributed by atoms with Gasteiger partial charge in [-0.1, -0.05) is 18.2 Å². The van der Waals surface area contributed by atoms with Crippen LogP contribution in [0.2, 0.25) is 0 Å². The highest BCUT2D eigenvalue weighted by molar-refractivity contribution is 7.09. The monoisotopic (exact) mass is 248 g/mol. The van der Waals surface area contributed by atoms with Crippen LogP contribution in [0.5, 0.6) is 0 Å². The Bertz CT molecular complexity index is 427. The van der Waals surface area contributed by atoms with Crippen LogP contribution in [0.3, 0.4) is 0 Å². The lowest BCUT2D eigenvalue weighted by molar-refractivity contribution is 0.178. The van der Waals surface area contributed by atoms with Crippen LogP contribution in [0.1, 0.15) is 24.1 Å². The predicted octanol–water partition coefficient (Wildman–Crippen LogP) is 2.75. The summed E-state index contributed by atoms with van der Waals surface area (Å²) in [6.45, 7) is 0.649. The Morgan fingerprint density at radius 1 is 1.53 bits per heavy atom. The fourth-order valence-corrected chi connectivity index (χ4v) is 3.35. The highest BCUT2D eigenvalue weighted by Gasteiger charge is 2.36. The third kappa shape index (κ3) is 2.09. The molecule has 1 aromatic heterocycles. The van der Waals surface area contributed by atoms with Gasteiger partial charge in [0.2, 0.25) is 0 Å². The Morgan fingerprint density at radius 2 is 2.47 bits per heavy atom. The SMILES string of the molecule is O=C(NCc1cccs1)N1[C@H]2CC=C[C@H]1CC2. The number of thiophene rings is 1. The molecule has 0 unspecified atom stereocenters. The molecule has 1 N–H and O–H groups in total. The quantitative estimate of drug-likeness (QED) is 0.802. The van der Waals surface area contributed by atoms with Crippen molar-refractivity contribution >= 4 is 17.4 Å². The number of hydrogen-bond donors (Lipinski definition) is 1. The molecule has 90 valence electrons. The van der Waals surface area contributed by atoms with Crippen molar-refractivity contribution in [2.45, 2.75) is 37.9 Å². The van der Waals surface area contributed by atoms with Crippen LogP contribution >= 0.6 is 11.3 Å². The van der Waals surface area contributed by atoms with Crippen LogP contribution in [0, 0.1) is 0 Å². The summed E-state index contributed by atoms with van der Waals surface area (Å²) in [6.07, 6.45) is 7.67. The molecule has 2 aliphatic rings. The molecule has 1 saturated heterocycles. The van der Waals surface area contributed by atoms with Gasteiger partial charge >= 0.3 is 6.03 Å². The van der Waals surface area contributed by atoms with E-state index in [0.29, 0.717) is 18.6 Å². The number of fused-ring (bicyclic) bond motifs is 2. The fourth-order valence-electron chi connectivity index (χ4n) is 2.71. The minimum atomic E-state index is 0.0928. The van der Waals surface area contributed by atoms with Gasteiger partial charge in [-0.05, 0) is 30.7 Å². The molecule has 1 fully saturated rings. The predicted molar refractivity (Wildman–Crippen MR) is 69.0 cm³/mol. The van der Waals surface area contributed by atoms with Crippen molar-refractivity contribution in [3.8, 4) is 0 Å². The second kappa shape index (κ2) is 4.53. The van der Waals surface area contributed by atoms with Gasteiger partial charge in [-0.15, -0.1) is 11.3 Å². The smallest absolute Gasteiger partial charge is 0.318 e. The van der Waals surface area contributed by atoms with Crippen LogP contribution in [-0.4, -0.2) is 23.0 Å². The van der Waals surface area contributed by atoms with Gasteiger partial charge in [0, 0.05) is 10.9 Å². The second-order valence-electron chi connectivity index (χ2n) is 4.61. The van der Waals surface area contributed by atoms with Crippen molar-refractivity contribution in [1.82, 2.24) is 10.2 Å². The Morgan fingerprint density at radius 3 is 3.24 bits per heavy atom. The first kappa shape index (κ1) is 10.8. The van der Waals surface area contributed by atoms with Gasteiger partial charge in [0.25, 0.3) is 0 Å². The van der Waals surface area contributed by atoms with Crippen LogP contribution in [0.4, 0.5) is 4.79 Å². The molecule has 2 aliphatic heterocycles. The number of urea groups is 1. The Balaban J connectivity index is 1.61. The van der Waals surface area contributed by atoms with Crippen molar-refractivity contribution in [2.24, 2.45) is 0 Å². The molecule has 3 rings (SSSR count). The zero-order valence-corrected chi connectivity index (χ0v) is 10.5. The molecular weight excluding hydrogens is 232 g/mol. The Hall–Kier alpha value is -1.29. The second-order valence-corrected chi connectivity index (χ2v) is 5.64. The van der Waals surface area contributed by atoms with Gasteiger partial charge < -0.3 is 10.2 Å². The molecule has 3 nitrogen and oxygen atoms in total. The van der Waals surface area contributed by atoms with E-state index in [1.165, 1.54) is 4.88 Å². The summed E-state index contributed by atoms with van der Waals surface area (Å²) in [4.78, 5) is 15.4. The van der Waals surface area contributed by atoms with Gasteiger partial charge in [-0.25, -0.2) is 4.79 Å². The minimum absolute atomic E-state index is 0.0928. The summed E-state index contributed by atoms with van der Waals surface area (Å²) in [7, 11) is 0. The van der Waals surface area contributed by atoms with Crippen molar-refractivity contribution < 1.29 is 4.79 Å². The molecule has 0 aromatic carbocycles. The van der Waals surface area contributed by atoms with E-state index >= 15 is 0 Å². The first-order valence-electron chi connectivity index (χ1n) is 6.10. The van der Waals surface area contributed by atoms with Crippen LogP contribution in [0.25, 0.3) is 0 Å². The maximum absolute atomic E-state index is 12.1. The summed E-state index contributed by atoms with van der Waals surface area (Å²) >= 11 is 1.68. The largest absolute Gasteiger partial charge is 0.333 e. The van der Waals surface area contributed by atoms with Gasteiger partial charge in [0.15, 0.2) is 0 Å². The molecule has 0 aliphatic carbocycles. The van der Waals surface area contributed by atoms with Gasteiger partial charge in [0.05, 0.1) is 12.6 Å². The maximum atomic E-state index is 12.1. The van der Waals surface area contributed by atoms with Crippen molar-refractivity contribution in [1.29, 1.82) is 0 Å². The number of carbonyl (C=O) groups excluding carboxylic acids is 1. The summed E-state index contributed by atoms with van der Waals surface area (Å²) in [5.41, 5.74) is 0. The Labute approximate surface area is 105 Å². The van der Waals surface area contributed by atoms with Crippen LogP contribution in [-0.2, 0) is 6.54 Å². The third-order valence-electron chi connectivity index (χ3n) is 3.54. The average Bonchev–Trinajstić information content (AvgIpc) is 2.93. The zero-order valence-electron chi connectivity index (χ0n) is 9.63. The number of rotatable bonds is 2. The third-order valence-corrected chi connectivity index (χ3v) is 4.42. The molecule has 2 bridgehead atoms.